The number of benzene rings is 1. The molecule has 0 aliphatic heterocycles. The van der Waals surface area contributed by atoms with Gasteiger partial charge in [0.25, 0.3) is 0 Å². The Kier molecular flexibility index (Phi) is 2.29. The summed E-state index contributed by atoms with van der Waals surface area (Å²) in [4.78, 5) is 0. The Bertz CT molecular complexity index is 237. The molecule has 0 heterocycles. The van der Waals surface area contributed by atoms with Gasteiger partial charge in [0.15, 0.2) is 0 Å². The average molecular weight is 202 g/mol. The van der Waals surface area contributed by atoms with Gasteiger partial charge in [0.05, 0.1) is 4.47 Å². The fraction of sp³-hybridized carbons (Fsp3) is 0.143. The molecule has 10 heavy (non-hydrogen) atoms. The van der Waals surface area contributed by atoms with E-state index in [2.05, 4.69) is 15.9 Å². The van der Waals surface area contributed by atoms with Gasteiger partial charge in [-0.1, -0.05) is 12.1 Å². The lowest BCUT2D eigenvalue weighted by atomic mass is 10.2. The Morgan fingerprint density at radius 3 is 2.70 bits per heavy atom. The molecule has 1 aromatic rings. The van der Waals surface area contributed by atoms with Gasteiger partial charge in [-0.15, -0.1) is 0 Å². The summed E-state index contributed by atoms with van der Waals surface area (Å²) in [7, 11) is 0. The van der Waals surface area contributed by atoms with E-state index in [1.165, 1.54) is 0 Å². The molecule has 2 nitrogen and oxygen atoms in total. The number of nitrogens with two attached hydrogens (primary N) is 1. The molecule has 0 radical (unpaired) electrons. The van der Waals surface area contributed by atoms with E-state index in [0.717, 1.165) is 5.56 Å². The van der Waals surface area contributed by atoms with Crippen molar-refractivity contribution in [1.29, 1.82) is 0 Å². The molecule has 0 aliphatic carbocycles. The maximum absolute atomic E-state index is 9.13. The number of phenols is 1. The van der Waals surface area contributed by atoms with Crippen LogP contribution in [0.1, 0.15) is 5.56 Å². The van der Waals surface area contributed by atoms with Crippen LogP contribution in [0.15, 0.2) is 22.7 Å². The van der Waals surface area contributed by atoms with Gasteiger partial charge in [0.2, 0.25) is 0 Å². The third-order valence-corrected chi connectivity index (χ3v) is 2.19. The smallest absolute Gasteiger partial charge is 0.130 e. The van der Waals surface area contributed by atoms with Crippen molar-refractivity contribution in [2.24, 2.45) is 5.73 Å². The van der Waals surface area contributed by atoms with E-state index in [4.69, 9.17) is 10.8 Å². The van der Waals surface area contributed by atoms with Crippen molar-refractivity contribution in [2.75, 3.05) is 0 Å². The molecule has 1 aromatic carbocycles. The number of rotatable bonds is 1. The molecule has 1 rings (SSSR count). The third-order valence-electron chi connectivity index (χ3n) is 1.28. The summed E-state index contributed by atoms with van der Waals surface area (Å²) >= 11 is 3.21. The lowest BCUT2D eigenvalue weighted by Crippen LogP contribution is -1.96. The van der Waals surface area contributed by atoms with Crippen LogP contribution in [-0.4, -0.2) is 5.11 Å². The molecule has 0 saturated heterocycles. The zero-order valence-corrected chi connectivity index (χ0v) is 6.93. The van der Waals surface area contributed by atoms with E-state index in [1.807, 2.05) is 6.07 Å². The predicted molar refractivity (Wildman–Crippen MR) is 43.7 cm³/mol. The highest BCUT2D eigenvalue weighted by atomic mass is 79.9. The van der Waals surface area contributed by atoms with E-state index in [1.54, 1.807) is 12.1 Å². The van der Waals surface area contributed by atoms with Gasteiger partial charge < -0.3 is 10.8 Å². The number of aromatic hydroxyl groups is 1. The van der Waals surface area contributed by atoms with Crippen molar-refractivity contribution >= 4 is 15.9 Å². The topological polar surface area (TPSA) is 46.2 Å². The molecule has 0 bridgehead atoms. The van der Waals surface area contributed by atoms with Gasteiger partial charge in [-0.3, -0.25) is 0 Å². The highest BCUT2D eigenvalue weighted by Crippen LogP contribution is 2.26. The molecule has 0 fully saturated rings. The number of halogens is 1. The zero-order valence-electron chi connectivity index (χ0n) is 5.34. The van der Waals surface area contributed by atoms with Gasteiger partial charge in [0, 0.05) is 6.54 Å². The monoisotopic (exact) mass is 201 g/mol. The van der Waals surface area contributed by atoms with Crippen LogP contribution in [0.3, 0.4) is 0 Å². The Labute approximate surface area is 67.8 Å². The second-order valence-corrected chi connectivity index (χ2v) is 2.75. The molecule has 0 unspecified atom stereocenters. The minimum absolute atomic E-state index is 0.239. The molecule has 0 saturated carbocycles. The summed E-state index contributed by atoms with van der Waals surface area (Å²) in [6.07, 6.45) is 0. The molecule has 0 atom stereocenters. The van der Waals surface area contributed by atoms with Crippen molar-refractivity contribution in [3.63, 3.8) is 0 Å². The van der Waals surface area contributed by atoms with E-state index in [-0.39, 0.29) is 5.75 Å². The van der Waals surface area contributed by atoms with Crippen LogP contribution in [-0.2, 0) is 6.54 Å². The largest absolute Gasteiger partial charge is 0.507 e. The molecular weight excluding hydrogens is 194 g/mol. The molecule has 0 aromatic heterocycles. The van der Waals surface area contributed by atoms with Crippen molar-refractivity contribution in [2.45, 2.75) is 6.54 Å². The van der Waals surface area contributed by atoms with E-state index in [9.17, 15) is 0 Å². The average Bonchev–Trinajstić information content (AvgIpc) is 1.95. The summed E-state index contributed by atoms with van der Waals surface area (Å²) in [6, 6.07) is 5.25. The van der Waals surface area contributed by atoms with Crippen LogP contribution in [0.25, 0.3) is 0 Å². The maximum Gasteiger partial charge on any atom is 0.130 e. The lowest BCUT2D eigenvalue weighted by Gasteiger charge is -2.01. The van der Waals surface area contributed by atoms with Crippen molar-refractivity contribution in [3.05, 3.63) is 28.2 Å². The summed E-state index contributed by atoms with van der Waals surface area (Å²) in [5.74, 6) is 0.239. The van der Waals surface area contributed by atoms with Crippen LogP contribution in [0.2, 0.25) is 0 Å². The first-order valence-corrected chi connectivity index (χ1v) is 3.71. The minimum atomic E-state index is 0.239. The second-order valence-electron chi connectivity index (χ2n) is 1.95. The molecule has 0 amide bonds. The standard InChI is InChI=1S/C7H8BrNO/c8-7-5(4-9)2-1-3-6(7)10/h1-3,10H,4,9H2. The summed E-state index contributed by atoms with van der Waals surface area (Å²) in [5.41, 5.74) is 6.30. The van der Waals surface area contributed by atoms with Crippen LogP contribution in [0, 0.1) is 0 Å². The zero-order chi connectivity index (χ0) is 7.56. The maximum atomic E-state index is 9.13. The molecule has 54 valence electrons. The summed E-state index contributed by atoms with van der Waals surface area (Å²) in [6.45, 7) is 0.439. The minimum Gasteiger partial charge on any atom is -0.507 e. The predicted octanol–water partition coefficient (Wildman–Crippen LogP) is 1.61. The summed E-state index contributed by atoms with van der Waals surface area (Å²) < 4.78 is 0.692. The lowest BCUT2D eigenvalue weighted by molar-refractivity contribution is 0.471. The first-order valence-electron chi connectivity index (χ1n) is 2.92. The number of phenolic OH excluding ortho intramolecular Hbond substituents is 1. The summed E-state index contributed by atoms with van der Waals surface area (Å²) in [5, 5.41) is 9.13. The van der Waals surface area contributed by atoms with Crippen LogP contribution < -0.4 is 5.73 Å². The van der Waals surface area contributed by atoms with Gasteiger partial charge >= 0.3 is 0 Å². The van der Waals surface area contributed by atoms with Crippen LogP contribution >= 0.6 is 15.9 Å². The van der Waals surface area contributed by atoms with Crippen molar-refractivity contribution in [1.82, 2.24) is 0 Å². The van der Waals surface area contributed by atoms with Crippen LogP contribution in [0.4, 0.5) is 0 Å². The van der Waals surface area contributed by atoms with Crippen molar-refractivity contribution < 1.29 is 5.11 Å². The molecule has 3 N–H and O–H groups in total. The Hall–Kier alpha value is -0.540. The van der Waals surface area contributed by atoms with Crippen LogP contribution in [0.5, 0.6) is 5.75 Å². The van der Waals surface area contributed by atoms with E-state index in [0.29, 0.717) is 11.0 Å². The van der Waals surface area contributed by atoms with E-state index >= 15 is 0 Å². The quantitative estimate of drug-likeness (QED) is 0.726. The SMILES string of the molecule is NCc1cccc(O)c1Br. The molecular formula is C7H8BrNO. The fourth-order valence-corrected chi connectivity index (χ4v) is 1.15. The van der Waals surface area contributed by atoms with Gasteiger partial charge in [0.1, 0.15) is 5.75 Å². The third kappa shape index (κ3) is 1.30. The molecule has 0 aliphatic rings. The molecule has 0 spiro atoms. The van der Waals surface area contributed by atoms with E-state index < -0.39 is 0 Å². The number of hydrogen-bond donors (Lipinski definition) is 2. The normalized spacial score (nSPS) is 9.80. The Morgan fingerprint density at radius 2 is 2.20 bits per heavy atom. The highest BCUT2D eigenvalue weighted by Gasteiger charge is 2.00. The Balaban J connectivity index is 3.14. The first kappa shape index (κ1) is 7.57. The number of hydrogen-bond acceptors (Lipinski definition) is 2. The van der Waals surface area contributed by atoms with Gasteiger partial charge in [-0.25, -0.2) is 0 Å². The van der Waals surface area contributed by atoms with Crippen molar-refractivity contribution in [3.8, 4) is 5.75 Å². The second kappa shape index (κ2) is 3.03. The van der Waals surface area contributed by atoms with Gasteiger partial charge in [-0.2, -0.15) is 0 Å². The van der Waals surface area contributed by atoms with Gasteiger partial charge in [-0.05, 0) is 27.6 Å². The molecule has 3 heteroatoms. The first-order chi connectivity index (χ1) is 4.75. The Morgan fingerprint density at radius 1 is 1.50 bits per heavy atom. The fourth-order valence-electron chi connectivity index (χ4n) is 0.724. The highest BCUT2D eigenvalue weighted by molar-refractivity contribution is 9.10.